The number of hydrogen-bond donors (Lipinski definition) is 1. The van der Waals surface area contributed by atoms with Crippen molar-refractivity contribution < 1.29 is 9.18 Å². The second-order valence-electron chi connectivity index (χ2n) is 5.06. The molecule has 2 aromatic rings. The van der Waals surface area contributed by atoms with Gasteiger partial charge in [0.15, 0.2) is 5.69 Å². The van der Waals surface area contributed by atoms with Crippen molar-refractivity contribution in [1.82, 2.24) is 14.9 Å². The average Bonchev–Trinajstić information content (AvgIpc) is 2.96. The predicted molar refractivity (Wildman–Crippen MR) is 74.0 cm³/mol. The number of amides is 1. The van der Waals surface area contributed by atoms with E-state index in [9.17, 15) is 9.18 Å². The summed E-state index contributed by atoms with van der Waals surface area (Å²) in [6.07, 6.45) is 1.57. The summed E-state index contributed by atoms with van der Waals surface area (Å²) in [4.78, 5) is 12.1. The number of benzene rings is 1. The molecule has 2 unspecified atom stereocenters. The number of carbonyl (C=O) groups excluding carboxylic acids is 1. The standard InChI is InChI=1S/C14H14FN3OS/c1-8-5-6-9-10(3-2-4-11(9)15)13(8)16-14(19)12-7-20-18-17-12/h2-4,7-8,13H,5-6H2,1H3,(H,16,19). The Labute approximate surface area is 120 Å². The van der Waals surface area contributed by atoms with Gasteiger partial charge in [0.25, 0.3) is 5.91 Å². The molecular weight excluding hydrogens is 277 g/mol. The van der Waals surface area contributed by atoms with Crippen LogP contribution in [0.4, 0.5) is 4.39 Å². The third kappa shape index (κ3) is 2.31. The summed E-state index contributed by atoms with van der Waals surface area (Å²) in [6, 6.07) is 4.87. The highest BCUT2D eigenvalue weighted by Crippen LogP contribution is 2.35. The minimum Gasteiger partial charge on any atom is -0.344 e. The van der Waals surface area contributed by atoms with Gasteiger partial charge in [-0.1, -0.05) is 23.5 Å². The Hall–Kier alpha value is -1.82. The lowest BCUT2D eigenvalue weighted by atomic mass is 9.80. The predicted octanol–water partition coefficient (Wildman–Crippen LogP) is 2.73. The minimum atomic E-state index is -0.257. The quantitative estimate of drug-likeness (QED) is 0.925. The van der Waals surface area contributed by atoms with Crippen molar-refractivity contribution in [1.29, 1.82) is 0 Å². The van der Waals surface area contributed by atoms with E-state index in [0.717, 1.165) is 23.5 Å². The zero-order valence-electron chi connectivity index (χ0n) is 11.0. The van der Waals surface area contributed by atoms with Crippen molar-refractivity contribution in [2.45, 2.75) is 25.8 Å². The smallest absolute Gasteiger partial charge is 0.273 e. The third-order valence-corrected chi connectivity index (χ3v) is 4.29. The van der Waals surface area contributed by atoms with Crippen LogP contribution in [0.1, 0.15) is 41.0 Å². The van der Waals surface area contributed by atoms with E-state index >= 15 is 0 Å². The van der Waals surface area contributed by atoms with Gasteiger partial charge in [0, 0.05) is 5.38 Å². The first-order valence-electron chi connectivity index (χ1n) is 6.52. The Bertz CT molecular complexity index is 629. The second-order valence-corrected chi connectivity index (χ2v) is 5.67. The first kappa shape index (κ1) is 13.2. The highest BCUT2D eigenvalue weighted by molar-refractivity contribution is 7.03. The van der Waals surface area contributed by atoms with Crippen molar-refractivity contribution in [2.24, 2.45) is 5.92 Å². The van der Waals surface area contributed by atoms with Crippen molar-refractivity contribution in [3.63, 3.8) is 0 Å². The van der Waals surface area contributed by atoms with Crippen molar-refractivity contribution in [3.05, 3.63) is 46.2 Å². The van der Waals surface area contributed by atoms with Crippen molar-refractivity contribution >= 4 is 17.4 Å². The second kappa shape index (κ2) is 5.28. The van der Waals surface area contributed by atoms with Gasteiger partial charge in [0.2, 0.25) is 0 Å². The fourth-order valence-electron chi connectivity index (χ4n) is 2.67. The fraction of sp³-hybridized carbons (Fsp3) is 0.357. The molecule has 0 aliphatic heterocycles. The number of fused-ring (bicyclic) bond motifs is 1. The van der Waals surface area contributed by atoms with Gasteiger partial charge in [-0.05, 0) is 47.5 Å². The number of nitrogens with one attached hydrogen (secondary N) is 1. The van der Waals surface area contributed by atoms with Crippen molar-refractivity contribution in [3.8, 4) is 0 Å². The van der Waals surface area contributed by atoms with E-state index in [1.807, 2.05) is 6.07 Å². The minimum absolute atomic E-state index is 0.177. The summed E-state index contributed by atoms with van der Waals surface area (Å²) in [5.74, 6) is -0.184. The molecule has 0 spiro atoms. The molecule has 0 bridgehead atoms. The van der Waals surface area contributed by atoms with E-state index < -0.39 is 0 Å². The van der Waals surface area contributed by atoms with Gasteiger partial charge in [0.1, 0.15) is 5.82 Å². The number of aromatic nitrogens is 2. The Balaban J connectivity index is 1.90. The summed E-state index contributed by atoms with van der Waals surface area (Å²) >= 11 is 1.14. The molecule has 2 atom stereocenters. The van der Waals surface area contributed by atoms with Crippen LogP contribution in [0.25, 0.3) is 0 Å². The molecule has 1 amide bonds. The van der Waals surface area contributed by atoms with Crippen LogP contribution in [0.3, 0.4) is 0 Å². The van der Waals surface area contributed by atoms with E-state index in [1.54, 1.807) is 11.4 Å². The maximum atomic E-state index is 13.8. The summed E-state index contributed by atoms with van der Waals surface area (Å²) in [7, 11) is 0. The molecule has 3 rings (SSSR count). The number of carbonyl (C=O) groups is 1. The molecule has 20 heavy (non-hydrogen) atoms. The summed E-state index contributed by atoms with van der Waals surface area (Å²) in [5.41, 5.74) is 1.90. The number of rotatable bonds is 2. The van der Waals surface area contributed by atoms with Crippen LogP contribution < -0.4 is 5.32 Å². The fourth-order valence-corrected chi connectivity index (χ4v) is 3.11. The average molecular weight is 291 g/mol. The van der Waals surface area contributed by atoms with Crippen LogP contribution >= 0.6 is 11.5 Å². The molecule has 4 nitrogen and oxygen atoms in total. The highest BCUT2D eigenvalue weighted by Gasteiger charge is 2.30. The lowest BCUT2D eigenvalue weighted by Crippen LogP contribution is -2.36. The number of hydrogen-bond acceptors (Lipinski definition) is 4. The summed E-state index contributed by atoms with van der Waals surface area (Å²) in [5, 5.41) is 8.32. The normalized spacial score (nSPS) is 21.3. The maximum Gasteiger partial charge on any atom is 0.273 e. The Morgan fingerprint density at radius 2 is 2.35 bits per heavy atom. The van der Waals surface area contributed by atoms with Gasteiger partial charge < -0.3 is 5.32 Å². The molecule has 0 saturated heterocycles. The van der Waals surface area contributed by atoms with Gasteiger partial charge in [-0.25, -0.2) is 4.39 Å². The van der Waals surface area contributed by atoms with Crippen LogP contribution in [-0.2, 0) is 6.42 Å². The Kier molecular flexibility index (Phi) is 3.48. The molecule has 1 aliphatic carbocycles. The highest BCUT2D eigenvalue weighted by atomic mass is 32.1. The summed E-state index contributed by atoms with van der Waals surface area (Å²) < 4.78 is 17.5. The van der Waals surface area contributed by atoms with Crippen LogP contribution in [0.15, 0.2) is 23.6 Å². The van der Waals surface area contributed by atoms with E-state index in [4.69, 9.17) is 0 Å². The van der Waals surface area contributed by atoms with Crippen LogP contribution in [0.2, 0.25) is 0 Å². The molecule has 0 fully saturated rings. The Morgan fingerprint density at radius 3 is 3.10 bits per heavy atom. The third-order valence-electron chi connectivity index (χ3n) is 3.79. The molecular formula is C14H14FN3OS. The monoisotopic (exact) mass is 291 g/mol. The first-order chi connectivity index (χ1) is 9.66. The lowest BCUT2D eigenvalue weighted by molar-refractivity contribution is 0.0914. The zero-order chi connectivity index (χ0) is 14.1. The SMILES string of the molecule is CC1CCc2c(F)cccc2C1NC(=O)c1csnn1. The first-order valence-corrected chi connectivity index (χ1v) is 7.35. The van der Waals surface area contributed by atoms with Crippen LogP contribution in [0, 0.1) is 11.7 Å². The summed E-state index contributed by atoms with van der Waals surface area (Å²) in [6.45, 7) is 2.07. The topological polar surface area (TPSA) is 54.9 Å². The van der Waals surface area contributed by atoms with E-state index in [0.29, 0.717) is 17.7 Å². The Morgan fingerprint density at radius 1 is 1.50 bits per heavy atom. The molecule has 104 valence electrons. The van der Waals surface area contributed by atoms with E-state index in [-0.39, 0.29) is 23.7 Å². The lowest BCUT2D eigenvalue weighted by Gasteiger charge is -2.32. The molecule has 6 heteroatoms. The largest absolute Gasteiger partial charge is 0.344 e. The van der Waals surface area contributed by atoms with Crippen LogP contribution in [0.5, 0.6) is 0 Å². The number of nitrogens with zero attached hydrogens (tertiary/aromatic N) is 2. The molecule has 0 radical (unpaired) electrons. The van der Waals surface area contributed by atoms with E-state index in [2.05, 4.69) is 21.8 Å². The van der Waals surface area contributed by atoms with Crippen molar-refractivity contribution in [2.75, 3.05) is 0 Å². The molecule has 0 saturated carbocycles. The van der Waals surface area contributed by atoms with Gasteiger partial charge in [0.05, 0.1) is 6.04 Å². The van der Waals surface area contributed by atoms with Gasteiger partial charge >= 0.3 is 0 Å². The van der Waals surface area contributed by atoms with E-state index in [1.165, 1.54) is 6.07 Å². The van der Waals surface area contributed by atoms with Gasteiger partial charge in [-0.2, -0.15) is 0 Å². The van der Waals surface area contributed by atoms with Crippen LogP contribution in [-0.4, -0.2) is 15.5 Å². The molecule has 1 heterocycles. The molecule has 1 aromatic carbocycles. The number of halogens is 1. The zero-order valence-corrected chi connectivity index (χ0v) is 11.8. The maximum absolute atomic E-state index is 13.8. The van der Waals surface area contributed by atoms with Gasteiger partial charge in [-0.15, -0.1) is 5.10 Å². The molecule has 1 N–H and O–H groups in total. The van der Waals surface area contributed by atoms with Gasteiger partial charge in [-0.3, -0.25) is 4.79 Å². The molecule has 1 aromatic heterocycles. The molecule has 1 aliphatic rings.